The fraction of sp³-hybridized carbons (Fsp3) is 0.0169. The van der Waals surface area contributed by atoms with Gasteiger partial charge in [-0.1, -0.05) is 149 Å². The van der Waals surface area contributed by atoms with Gasteiger partial charge in [0.25, 0.3) is 0 Å². The number of Topliss-reactive ketones (excluding diaryl/α,β-unsaturated/α-hetero) is 4. The van der Waals surface area contributed by atoms with Crippen molar-refractivity contribution in [3.05, 3.63) is 252 Å². The van der Waals surface area contributed by atoms with Gasteiger partial charge >= 0.3 is 0 Å². The van der Waals surface area contributed by atoms with Crippen LogP contribution in [-0.2, 0) is 5.33 Å². The van der Waals surface area contributed by atoms with Crippen LogP contribution in [0.3, 0.4) is 0 Å². The third-order valence-corrected chi connectivity index (χ3v) is 11.1. The maximum absolute atomic E-state index is 14.5. The molecule has 0 heterocycles. The molecular formula is C59H39BrO10. The summed E-state index contributed by atoms with van der Waals surface area (Å²) in [6.45, 7) is 0. The van der Waals surface area contributed by atoms with Crippen molar-refractivity contribution in [3.63, 3.8) is 0 Å². The van der Waals surface area contributed by atoms with Crippen LogP contribution in [-0.4, -0.2) is 23.1 Å². The molecule has 0 radical (unpaired) electrons. The van der Waals surface area contributed by atoms with Gasteiger partial charge in [0.05, 0.1) is 11.1 Å². The maximum atomic E-state index is 14.5. The highest BCUT2D eigenvalue weighted by Gasteiger charge is 2.30. The minimum atomic E-state index is -0.891. The zero-order chi connectivity index (χ0) is 48.2. The van der Waals surface area contributed by atoms with E-state index in [4.69, 9.17) is 28.4 Å². The second kappa shape index (κ2) is 21.7. The lowest BCUT2D eigenvalue weighted by Gasteiger charge is -2.20. The number of halogens is 1. The van der Waals surface area contributed by atoms with Gasteiger partial charge in [-0.2, -0.15) is 0 Å². The van der Waals surface area contributed by atoms with E-state index in [9.17, 15) is 19.2 Å². The molecule has 0 atom stereocenters. The fourth-order valence-electron chi connectivity index (χ4n) is 7.20. The number of hydrogen-bond acceptors (Lipinski definition) is 10. The van der Waals surface area contributed by atoms with Crippen LogP contribution >= 0.6 is 15.9 Å². The summed E-state index contributed by atoms with van der Waals surface area (Å²) >= 11 is 3.57. The van der Waals surface area contributed by atoms with Crippen LogP contribution in [0.4, 0.5) is 0 Å². The lowest BCUT2D eigenvalue weighted by Crippen LogP contribution is -2.16. The van der Waals surface area contributed by atoms with Gasteiger partial charge in [-0.25, -0.2) is 0 Å². The first-order chi connectivity index (χ1) is 34.3. The van der Waals surface area contributed by atoms with Crippen LogP contribution in [0.1, 0.15) is 47.0 Å². The predicted octanol–water partition coefficient (Wildman–Crippen LogP) is 15.5. The van der Waals surface area contributed by atoms with Crippen molar-refractivity contribution in [2.24, 2.45) is 0 Å². The number of para-hydroxylation sites is 4. The molecule has 0 saturated heterocycles. The summed E-state index contributed by atoms with van der Waals surface area (Å²) in [4.78, 5) is 57.0. The monoisotopic (exact) mass is 986 g/mol. The number of benzene rings is 9. The normalized spacial score (nSPS) is 10.6. The molecule has 0 aliphatic carbocycles. The molecule has 0 amide bonds. The summed E-state index contributed by atoms with van der Waals surface area (Å²) in [5.74, 6) is -1.03. The SMILES string of the molecule is O=C(C(=O)c1cc(Oc2ccccc2)cc(Oc2ccccc2)c1Oc1cc(CBr)cc(Oc2c(Oc3ccccc3)cc(Oc3ccccc3)cc2C(=O)C(=O)c2ccccc2)c1)c1ccccc1. The molecule has 0 aliphatic heterocycles. The van der Waals surface area contributed by atoms with Crippen LogP contribution in [0.5, 0.6) is 69.0 Å². The zero-order valence-corrected chi connectivity index (χ0v) is 38.6. The third-order valence-electron chi connectivity index (χ3n) is 10.5. The number of rotatable bonds is 19. The highest BCUT2D eigenvalue weighted by molar-refractivity contribution is 9.08. The number of carbonyl (C=O) groups excluding carboxylic acids is 4. The van der Waals surface area contributed by atoms with E-state index in [0.717, 1.165) is 0 Å². The van der Waals surface area contributed by atoms with Crippen molar-refractivity contribution < 1.29 is 47.6 Å². The van der Waals surface area contributed by atoms with Crippen molar-refractivity contribution in [1.82, 2.24) is 0 Å². The average Bonchev–Trinajstić information content (AvgIpc) is 3.40. The van der Waals surface area contributed by atoms with Crippen molar-refractivity contribution in [1.29, 1.82) is 0 Å². The van der Waals surface area contributed by atoms with Gasteiger partial charge in [0.15, 0.2) is 23.0 Å². The molecule has 0 unspecified atom stereocenters. The largest absolute Gasteiger partial charge is 0.457 e. The predicted molar refractivity (Wildman–Crippen MR) is 268 cm³/mol. The van der Waals surface area contributed by atoms with Crippen LogP contribution in [0.2, 0.25) is 0 Å². The highest BCUT2D eigenvalue weighted by atomic mass is 79.9. The van der Waals surface area contributed by atoms with Crippen molar-refractivity contribution >= 4 is 39.1 Å². The van der Waals surface area contributed by atoms with Gasteiger partial charge in [-0.05, 0) is 78.4 Å². The molecule has 9 aromatic carbocycles. The number of ketones is 4. The summed E-state index contributed by atoms with van der Waals surface area (Å²) in [5, 5.41) is 0.297. The Hall–Kier alpha value is -9.06. The van der Waals surface area contributed by atoms with E-state index in [1.165, 1.54) is 18.2 Å². The van der Waals surface area contributed by atoms with E-state index in [1.54, 1.807) is 182 Å². The summed E-state index contributed by atoms with van der Waals surface area (Å²) < 4.78 is 38.8. The van der Waals surface area contributed by atoms with Crippen molar-refractivity contribution in [2.45, 2.75) is 5.33 Å². The first kappa shape index (κ1) is 46.1. The standard InChI is InChI=1S/C59H39BrO10/c60-38-39-31-46(69-58-50(56(63)54(61)40-19-7-1-8-20-40)34-48(65-42-23-11-3-12-24-42)36-52(58)67-44-27-15-5-16-28-44)33-47(32-39)70-59-51(57(64)55(62)41-21-9-2-10-22-41)35-49(66-43-25-13-4-14-26-43)37-53(59)68-45-29-17-6-18-30-45/h1-37H,38H2. The van der Waals surface area contributed by atoms with E-state index in [2.05, 4.69) is 15.9 Å². The fourth-order valence-corrected chi connectivity index (χ4v) is 7.52. The Morgan fingerprint density at radius 1 is 0.300 bits per heavy atom. The molecule has 70 heavy (non-hydrogen) atoms. The molecule has 0 spiro atoms. The quantitative estimate of drug-likeness (QED) is 0.0439. The Bertz CT molecular complexity index is 3080. The van der Waals surface area contributed by atoms with Crippen LogP contribution in [0.15, 0.2) is 224 Å². The number of ether oxygens (including phenoxy) is 6. The summed E-state index contributed by atoms with van der Waals surface area (Å²) in [7, 11) is 0. The lowest BCUT2D eigenvalue weighted by molar-refractivity contribution is 0.0815. The third kappa shape index (κ3) is 11.2. The second-order valence-electron chi connectivity index (χ2n) is 15.5. The van der Waals surface area contributed by atoms with Gasteiger partial charge in [0.1, 0.15) is 46.0 Å². The van der Waals surface area contributed by atoms with Crippen molar-refractivity contribution in [2.75, 3.05) is 0 Å². The molecule has 9 rings (SSSR count). The second-order valence-corrected chi connectivity index (χ2v) is 16.0. The Balaban J connectivity index is 1.18. The summed E-state index contributed by atoms with van der Waals surface area (Å²) in [5.41, 5.74) is 0.665. The number of hydrogen-bond donors (Lipinski definition) is 0. The molecule has 0 aromatic heterocycles. The minimum absolute atomic E-state index is 0.0513. The Kier molecular flexibility index (Phi) is 14.3. The average molecular weight is 988 g/mol. The molecule has 0 N–H and O–H groups in total. The van der Waals surface area contributed by atoms with Gasteiger partial charge in [0.2, 0.25) is 23.1 Å². The van der Waals surface area contributed by atoms with E-state index >= 15 is 0 Å². The molecule has 0 bridgehead atoms. The smallest absolute Gasteiger partial charge is 0.237 e. The molecular weight excluding hydrogens is 949 g/mol. The minimum Gasteiger partial charge on any atom is -0.457 e. The zero-order valence-electron chi connectivity index (χ0n) is 37.0. The van der Waals surface area contributed by atoms with E-state index in [0.29, 0.717) is 33.9 Å². The molecule has 0 saturated carbocycles. The molecule has 10 nitrogen and oxygen atoms in total. The van der Waals surface area contributed by atoms with Crippen molar-refractivity contribution in [3.8, 4) is 69.0 Å². The van der Waals surface area contributed by atoms with Gasteiger partial charge in [0, 0.05) is 34.7 Å². The molecule has 342 valence electrons. The van der Waals surface area contributed by atoms with Gasteiger partial charge < -0.3 is 28.4 Å². The molecule has 9 aromatic rings. The van der Waals surface area contributed by atoms with E-state index in [1.807, 2.05) is 24.3 Å². The summed E-state index contributed by atoms with van der Waals surface area (Å²) in [6, 6.07) is 63.0. The van der Waals surface area contributed by atoms with Gasteiger partial charge in [-0.3, -0.25) is 19.2 Å². The first-order valence-corrected chi connectivity index (χ1v) is 23.0. The molecule has 0 fully saturated rings. The topological polar surface area (TPSA) is 124 Å². The molecule has 0 aliphatic rings. The number of carbonyl (C=O) groups is 4. The Morgan fingerprint density at radius 3 is 0.929 bits per heavy atom. The van der Waals surface area contributed by atoms with E-state index < -0.39 is 23.1 Å². The molecule has 11 heteroatoms. The lowest BCUT2D eigenvalue weighted by atomic mass is 10.00. The first-order valence-electron chi connectivity index (χ1n) is 21.9. The number of alkyl halides is 1. The van der Waals surface area contributed by atoms with Gasteiger partial charge in [-0.15, -0.1) is 0 Å². The van der Waals surface area contributed by atoms with Crippen LogP contribution in [0, 0.1) is 0 Å². The maximum Gasteiger partial charge on any atom is 0.237 e. The van der Waals surface area contributed by atoms with E-state index in [-0.39, 0.29) is 68.2 Å². The Labute approximate surface area is 411 Å². The summed E-state index contributed by atoms with van der Waals surface area (Å²) in [6.07, 6.45) is 0. The highest BCUT2D eigenvalue weighted by Crippen LogP contribution is 2.46. The van der Waals surface area contributed by atoms with Crippen LogP contribution < -0.4 is 28.4 Å². The van der Waals surface area contributed by atoms with Crippen LogP contribution in [0.25, 0.3) is 0 Å². The Morgan fingerprint density at radius 2 is 0.600 bits per heavy atom.